The van der Waals surface area contributed by atoms with Crippen LogP contribution in [0.25, 0.3) is 0 Å². The number of halogens is 1. The number of ether oxygens (including phenoxy) is 1. The molecule has 0 amide bonds. The van der Waals surface area contributed by atoms with Gasteiger partial charge in [-0.2, -0.15) is 0 Å². The average molecular weight is 381 g/mol. The summed E-state index contributed by atoms with van der Waals surface area (Å²) in [6, 6.07) is 13.8. The predicted octanol–water partition coefficient (Wildman–Crippen LogP) is 3.85. The van der Waals surface area contributed by atoms with Gasteiger partial charge in [0.25, 0.3) is 0 Å². The third-order valence-corrected chi connectivity index (χ3v) is 5.80. The molecule has 0 radical (unpaired) electrons. The Kier molecular flexibility index (Phi) is 7.02. The lowest BCUT2D eigenvalue weighted by Crippen LogP contribution is -2.08. The summed E-state index contributed by atoms with van der Waals surface area (Å²) in [6.45, 7) is 2.15. The molecule has 0 aliphatic heterocycles. The number of carbonyl (C=O) groups excluding carboxylic acids is 1. The summed E-state index contributed by atoms with van der Waals surface area (Å²) in [4.78, 5) is 11.7. The summed E-state index contributed by atoms with van der Waals surface area (Å²) in [7, 11) is -3.30. The van der Waals surface area contributed by atoms with E-state index in [-0.39, 0.29) is 18.1 Å². The van der Waals surface area contributed by atoms with Gasteiger partial charge in [0.2, 0.25) is 0 Å². The van der Waals surface area contributed by atoms with E-state index in [4.69, 9.17) is 16.3 Å². The van der Waals surface area contributed by atoms with Crippen molar-refractivity contribution in [2.75, 3.05) is 12.4 Å². The highest BCUT2D eigenvalue weighted by Crippen LogP contribution is 2.17. The molecule has 0 N–H and O–H groups in total. The van der Waals surface area contributed by atoms with Crippen molar-refractivity contribution in [3.05, 3.63) is 64.7 Å². The van der Waals surface area contributed by atoms with Gasteiger partial charge in [-0.05, 0) is 55.2 Å². The van der Waals surface area contributed by atoms with Gasteiger partial charge in [0.1, 0.15) is 0 Å². The number of carbonyl (C=O) groups is 1. The number of hydrogen-bond donors (Lipinski definition) is 0. The van der Waals surface area contributed by atoms with E-state index < -0.39 is 9.84 Å². The van der Waals surface area contributed by atoms with E-state index in [9.17, 15) is 13.2 Å². The van der Waals surface area contributed by atoms with Crippen molar-refractivity contribution in [1.29, 1.82) is 0 Å². The van der Waals surface area contributed by atoms with Gasteiger partial charge < -0.3 is 4.74 Å². The van der Waals surface area contributed by atoms with E-state index in [1.165, 1.54) is 12.1 Å². The second-order valence-electron chi connectivity index (χ2n) is 5.67. The van der Waals surface area contributed by atoms with Crippen molar-refractivity contribution in [2.45, 2.75) is 31.1 Å². The second kappa shape index (κ2) is 9.02. The van der Waals surface area contributed by atoms with Gasteiger partial charge in [-0.1, -0.05) is 35.9 Å². The quantitative estimate of drug-likeness (QED) is 0.652. The Balaban J connectivity index is 1.87. The molecule has 0 saturated carbocycles. The highest BCUT2D eigenvalue weighted by Gasteiger charge is 2.14. The zero-order chi connectivity index (χ0) is 18.3. The fourth-order valence-corrected chi connectivity index (χ4v) is 3.87. The van der Waals surface area contributed by atoms with E-state index >= 15 is 0 Å². The van der Waals surface area contributed by atoms with Gasteiger partial charge in [-0.25, -0.2) is 8.42 Å². The van der Waals surface area contributed by atoms with Gasteiger partial charge in [0, 0.05) is 5.02 Å². The smallest absolute Gasteiger partial charge is 0.310 e. The zero-order valence-electron chi connectivity index (χ0n) is 14.1. The van der Waals surface area contributed by atoms with Gasteiger partial charge in [0.05, 0.1) is 23.7 Å². The van der Waals surface area contributed by atoms with Crippen LogP contribution in [0.15, 0.2) is 53.4 Å². The lowest BCUT2D eigenvalue weighted by molar-refractivity contribution is -0.142. The van der Waals surface area contributed by atoms with E-state index in [0.717, 1.165) is 11.1 Å². The molecule has 0 bridgehead atoms. The predicted molar refractivity (Wildman–Crippen MR) is 98.6 cm³/mol. The van der Waals surface area contributed by atoms with Crippen molar-refractivity contribution in [2.24, 2.45) is 0 Å². The maximum Gasteiger partial charge on any atom is 0.310 e. The average Bonchev–Trinajstić information content (AvgIpc) is 2.57. The van der Waals surface area contributed by atoms with E-state index in [0.29, 0.717) is 29.4 Å². The van der Waals surface area contributed by atoms with E-state index in [1.807, 2.05) is 24.3 Å². The lowest BCUT2D eigenvalue weighted by Gasteiger charge is -2.06. The molecule has 0 heterocycles. The molecule has 0 unspecified atom stereocenters. The van der Waals surface area contributed by atoms with E-state index in [2.05, 4.69) is 0 Å². The third-order valence-electron chi connectivity index (χ3n) is 3.73. The minimum Gasteiger partial charge on any atom is -0.466 e. The van der Waals surface area contributed by atoms with Crippen molar-refractivity contribution in [3.8, 4) is 0 Å². The molecule has 0 aromatic heterocycles. The Morgan fingerprint density at radius 2 is 1.60 bits per heavy atom. The molecule has 0 aliphatic carbocycles. The monoisotopic (exact) mass is 380 g/mol. The number of sulfone groups is 1. The molecule has 134 valence electrons. The first kappa shape index (κ1) is 19.5. The van der Waals surface area contributed by atoms with Crippen molar-refractivity contribution < 1.29 is 17.9 Å². The molecule has 0 spiro atoms. The Morgan fingerprint density at radius 1 is 1.00 bits per heavy atom. The minimum absolute atomic E-state index is 0.0825. The summed E-state index contributed by atoms with van der Waals surface area (Å²) >= 11 is 5.78. The summed E-state index contributed by atoms with van der Waals surface area (Å²) in [5.74, 6) is -0.163. The molecule has 6 heteroatoms. The van der Waals surface area contributed by atoms with Gasteiger partial charge in [0.15, 0.2) is 9.84 Å². The first-order valence-electron chi connectivity index (χ1n) is 8.12. The Morgan fingerprint density at radius 3 is 2.20 bits per heavy atom. The highest BCUT2D eigenvalue weighted by atomic mass is 35.5. The Hall–Kier alpha value is -1.85. The number of aryl methyl sites for hydroxylation is 1. The van der Waals surface area contributed by atoms with Gasteiger partial charge >= 0.3 is 5.97 Å². The van der Waals surface area contributed by atoms with Crippen LogP contribution >= 0.6 is 11.6 Å². The molecule has 2 aromatic carbocycles. The van der Waals surface area contributed by atoms with Gasteiger partial charge in [-0.15, -0.1) is 0 Å². The fourth-order valence-electron chi connectivity index (χ4n) is 2.43. The molecule has 0 aliphatic rings. The summed E-state index contributed by atoms with van der Waals surface area (Å²) in [6.07, 6.45) is 1.44. The maximum absolute atomic E-state index is 12.3. The summed E-state index contributed by atoms with van der Waals surface area (Å²) in [5, 5.41) is 0.516. The number of benzene rings is 2. The van der Waals surface area contributed by atoms with Crippen LogP contribution in [-0.4, -0.2) is 26.7 Å². The number of hydrogen-bond acceptors (Lipinski definition) is 4. The summed E-state index contributed by atoms with van der Waals surface area (Å²) in [5.41, 5.74) is 1.93. The van der Waals surface area contributed by atoms with Crippen LogP contribution in [0.2, 0.25) is 5.02 Å². The minimum atomic E-state index is -3.30. The molecule has 25 heavy (non-hydrogen) atoms. The number of esters is 1. The molecule has 2 aromatic rings. The topological polar surface area (TPSA) is 60.4 Å². The maximum atomic E-state index is 12.3. The molecule has 0 saturated heterocycles. The van der Waals surface area contributed by atoms with Crippen LogP contribution in [0.5, 0.6) is 0 Å². The van der Waals surface area contributed by atoms with Crippen LogP contribution in [0.1, 0.15) is 24.5 Å². The van der Waals surface area contributed by atoms with Crippen LogP contribution in [0.3, 0.4) is 0 Å². The Labute approximate surface area is 153 Å². The second-order valence-corrected chi connectivity index (χ2v) is 8.22. The van der Waals surface area contributed by atoms with Crippen LogP contribution in [-0.2, 0) is 32.2 Å². The van der Waals surface area contributed by atoms with E-state index in [1.54, 1.807) is 19.1 Å². The zero-order valence-corrected chi connectivity index (χ0v) is 15.6. The summed E-state index contributed by atoms with van der Waals surface area (Å²) < 4.78 is 29.5. The van der Waals surface area contributed by atoms with Crippen molar-refractivity contribution in [1.82, 2.24) is 0 Å². The largest absolute Gasteiger partial charge is 0.466 e. The number of rotatable bonds is 8. The first-order valence-corrected chi connectivity index (χ1v) is 10.2. The van der Waals surface area contributed by atoms with Gasteiger partial charge in [-0.3, -0.25) is 4.79 Å². The van der Waals surface area contributed by atoms with Crippen molar-refractivity contribution >= 4 is 27.4 Å². The highest BCUT2D eigenvalue weighted by molar-refractivity contribution is 7.91. The Bertz CT molecular complexity index is 796. The molecular formula is C19H21ClO4S. The molecule has 0 fully saturated rings. The van der Waals surface area contributed by atoms with Crippen molar-refractivity contribution in [3.63, 3.8) is 0 Å². The molecule has 2 rings (SSSR count). The molecule has 0 atom stereocenters. The molecular weight excluding hydrogens is 360 g/mol. The normalized spacial score (nSPS) is 11.3. The fraction of sp³-hybridized carbons (Fsp3) is 0.316. The van der Waals surface area contributed by atoms with Crippen LogP contribution < -0.4 is 0 Å². The standard InChI is InChI=1S/C19H21ClO4S/c1-2-24-19(21)14-16-7-5-15(6-8-16)4-3-13-25(22,23)18-11-9-17(20)10-12-18/h5-12H,2-4,13-14H2,1H3. The van der Waals surface area contributed by atoms with Crippen LogP contribution in [0.4, 0.5) is 0 Å². The first-order chi connectivity index (χ1) is 11.9. The lowest BCUT2D eigenvalue weighted by atomic mass is 10.1. The molecule has 4 nitrogen and oxygen atoms in total. The van der Waals surface area contributed by atoms with Crippen LogP contribution in [0, 0.1) is 0 Å². The third kappa shape index (κ3) is 6.18. The SMILES string of the molecule is CCOC(=O)Cc1ccc(CCCS(=O)(=O)c2ccc(Cl)cc2)cc1.